The summed E-state index contributed by atoms with van der Waals surface area (Å²) in [4.78, 5) is 2.20. The van der Waals surface area contributed by atoms with Gasteiger partial charge in [0.05, 0.1) is 0 Å². The molecule has 0 aliphatic heterocycles. The Hall–Kier alpha value is -0.905. The Balaban J connectivity index is 1.97. The van der Waals surface area contributed by atoms with Gasteiger partial charge in [0.1, 0.15) is 5.82 Å². The van der Waals surface area contributed by atoms with Crippen LogP contribution in [0.15, 0.2) is 18.2 Å². The molecule has 3 nitrogen and oxygen atoms in total. The molecule has 0 unspecified atom stereocenters. The van der Waals surface area contributed by atoms with Crippen molar-refractivity contribution in [2.45, 2.75) is 25.8 Å². The maximum absolute atomic E-state index is 13.3. The third-order valence-electron chi connectivity index (χ3n) is 3.59. The molecule has 18 heavy (non-hydrogen) atoms. The van der Waals surface area contributed by atoms with E-state index < -0.39 is 12.9 Å². The molecule has 1 aromatic rings. The van der Waals surface area contributed by atoms with Gasteiger partial charge >= 0.3 is 7.12 Å². The van der Waals surface area contributed by atoms with E-state index in [-0.39, 0.29) is 5.46 Å². The van der Waals surface area contributed by atoms with Gasteiger partial charge in [-0.25, -0.2) is 4.39 Å². The average Bonchev–Trinajstić information content (AvgIpc) is 2.26. The topological polar surface area (TPSA) is 43.7 Å². The molecule has 2 N–H and O–H groups in total. The highest BCUT2D eigenvalue weighted by atomic mass is 19.1. The Kier molecular flexibility index (Phi) is 4.38. The van der Waals surface area contributed by atoms with Crippen molar-refractivity contribution in [3.63, 3.8) is 0 Å². The van der Waals surface area contributed by atoms with Gasteiger partial charge in [0.2, 0.25) is 0 Å². The summed E-state index contributed by atoms with van der Waals surface area (Å²) in [5.74, 6) is 0.216. The Morgan fingerprint density at radius 3 is 2.67 bits per heavy atom. The van der Waals surface area contributed by atoms with Crippen molar-refractivity contribution in [2.75, 3.05) is 13.6 Å². The molecule has 2 rings (SSSR count). The summed E-state index contributed by atoms with van der Waals surface area (Å²) in [7, 11) is 0.290. The van der Waals surface area contributed by atoms with E-state index in [2.05, 4.69) is 4.90 Å². The first-order valence-corrected chi connectivity index (χ1v) is 6.39. The molecular weight excluding hydrogens is 232 g/mol. The Labute approximate surface area is 107 Å². The van der Waals surface area contributed by atoms with E-state index in [9.17, 15) is 4.39 Å². The average molecular weight is 251 g/mol. The van der Waals surface area contributed by atoms with Gasteiger partial charge in [-0.2, -0.15) is 0 Å². The summed E-state index contributed by atoms with van der Waals surface area (Å²) < 4.78 is 13.3. The fourth-order valence-electron chi connectivity index (χ4n) is 2.38. The second-order valence-electron chi connectivity index (χ2n) is 5.22. The first-order chi connectivity index (χ1) is 8.56. The molecule has 1 saturated carbocycles. The zero-order chi connectivity index (χ0) is 13.1. The molecule has 0 saturated heterocycles. The number of hydrogen-bond donors (Lipinski definition) is 2. The molecular formula is C13H19BFNO2. The van der Waals surface area contributed by atoms with Crippen molar-refractivity contribution in [1.29, 1.82) is 0 Å². The summed E-state index contributed by atoms with van der Waals surface area (Å²) in [5, 5.41) is 18.1. The smallest absolute Gasteiger partial charge is 0.423 e. The summed E-state index contributed by atoms with van der Waals surface area (Å²) >= 11 is 0. The van der Waals surface area contributed by atoms with Gasteiger partial charge in [0, 0.05) is 18.6 Å². The molecule has 0 heterocycles. The minimum atomic E-state index is -1.75. The first kappa shape index (κ1) is 13.5. The van der Waals surface area contributed by atoms with Crippen LogP contribution in [0.3, 0.4) is 0 Å². The standard InChI is InChI=1S/C13H19BFNO2/c1-16(8-10-3-2-4-10)9-11-5-6-13(15)12(7-11)14(17)18/h5-7,10,17-18H,2-4,8-9H2,1H3. The zero-order valence-corrected chi connectivity index (χ0v) is 10.6. The Morgan fingerprint density at radius 2 is 2.11 bits per heavy atom. The SMILES string of the molecule is CN(Cc1ccc(F)c(B(O)O)c1)CC1CCC1. The molecule has 0 bridgehead atoms. The molecule has 0 atom stereocenters. The first-order valence-electron chi connectivity index (χ1n) is 6.39. The molecule has 0 spiro atoms. The second-order valence-corrected chi connectivity index (χ2v) is 5.22. The highest BCUT2D eigenvalue weighted by Gasteiger charge is 2.20. The predicted molar refractivity (Wildman–Crippen MR) is 69.9 cm³/mol. The van der Waals surface area contributed by atoms with Crippen LogP contribution in [0.2, 0.25) is 0 Å². The fraction of sp³-hybridized carbons (Fsp3) is 0.538. The largest absolute Gasteiger partial charge is 0.491 e. The lowest BCUT2D eigenvalue weighted by Gasteiger charge is -2.30. The maximum Gasteiger partial charge on any atom is 0.491 e. The van der Waals surface area contributed by atoms with E-state index in [1.54, 1.807) is 6.07 Å². The second kappa shape index (κ2) is 5.82. The lowest BCUT2D eigenvalue weighted by atomic mass is 9.79. The quantitative estimate of drug-likeness (QED) is 0.758. The Bertz CT molecular complexity index is 410. The number of hydrogen-bond acceptors (Lipinski definition) is 3. The van der Waals surface area contributed by atoms with Crippen LogP contribution >= 0.6 is 0 Å². The van der Waals surface area contributed by atoms with Crippen molar-refractivity contribution >= 4 is 12.6 Å². The number of halogens is 1. The highest BCUT2D eigenvalue weighted by Crippen LogP contribution is 2.27. The van der Waals surface area contributed by atoms with Crippen LogP contribution in [0, 0.1) is 11.7 Å². The van der Waals surface area contributed by atoms with Crippen molar-refractivity contribution in [3.8, 4) is 0 Å². The fourth-order valence-corrected chi connectivity index (χ4v) is 2.38. The van der Waals surface area contributed by atoms with Gasteiger partial charge in [-0.05, 0) is 37.4 Å². The molecule has 1 aliphatic rings. The van der Waals surface area contributed by atoms with Crippen LogP contribution in [0.25, 0.3) is 0 Å². The van der Waals surface area contributed by atoms with Gasteiger partial charge in [0.25, 0.3) is 0 Å². The number of nitrogens with zero attached hydrogens (tertiary/aromatic N) is 1. The minimum absolute atomic E-state index is 0.0513. The van der Waals surface area contributed by atoms with Gasteiger partial charge < -0.3 is 14.9 Å². The molecule has 0 amide bonds. The summed E-state index contributed by atoms with van der Waals surface area (Å²) in [6.07, 6.45) is 3.93. The lowest BCUT2D eigenvalue weighted by Crippen LogP contribution is -2.34. The summed E-state index contributed by atoms with van der Waals surface area (Å²) in [6, 6.07) is 4.51. The molecule has 1 aliphatic carbocycles. The summed E-state index contributed by atoms with van der Waals surface area (Å²) in [5.41, 5.74) is 0.853. The molecule has 1 aromatic carbocycles. The van der Waals surface area contributed by atoms with Gasteiger partial charge in [-0.1, -0.05) is 18.6 Å². The van der Waals surface area contributed by atoms with Crippen molar-refractivity contribution in [2.24, 2.45) is 5.92 Å². The van der Waals surface area contributed by atoms with Crippen LogP contribution in [-0.2, 0) is 6.54 Å². The third kappa shape index (κ3) is 3.31. The van der Waals surface area contributed by atoms with E-state index in [0.717, 1.165) is 18.0 Å². The van der Waals surface area contributed by atoms with E-state index in [1.165, 1.54) is 31.4 Å². The molecule has 98 valence electrons. The van der Waals surface area contributed by atoms with Gasteiger partial charge in [0.15, 0.2) is 0 Å². The molecule has 5 heteroatoms. The monoisotopic (exact) mass is 251 g/mol. The normalized spacial score (nSPS) is 15.8. The number of benzene rings is 1. The van der Waals surface area contributed by atoms with Crippen molar-refractivity contribution in [1.82, 2.24) is 4.90 Å². The van der Waals surface area contributed by atoms with E-state index in [0.29, 0.717) is 6.54 Å². The van der Waals surface area contributed by atoms with E-state index in [1.807, 2.05) is 7.05 Å². The van der Waals surface area contributed by atoms with Crippen LogP contribution in [0.5, 0.6) is 0 Å². The van der Waals surface area contributed by atoms with Gasteiger partial charge in [-0.15, -0.1) is 0 Å². The predicted octanol–water partition coefficient (Wildman–Crippen LogP) is 0.737. The maximum atomic E-state index is 13.3. The highest BCUT2D eigenvalue weighted by molar-refractivity contribution is 6.58. The molecule has 0 aromatic heterocycles. The van der Waals surface area contributed by atoms with Crippen molar-refractivity contribution < 1.29 is 14.4 Å². The minimum Gasteiger partial charge on any atom is -0.423 e. The van der Waals surface area contributed by atoms with E-state index >= 15 is 0 Å². The summed E-state index contributed by atoms with van der Waals surface area (Å²) in [6.45, 7) is 1.75. The molecule has 1 fully saturated rings. The third-order valence-corrected chi connectivity index (χ3v) is 3.59. The number of rotatable bonds is 5. The van der Waals surface area contributed by atoms with Crippen LogP contribution in [0.1, 0.15) is 24.8 Å². The Morgan fingerprint density at radius 1 is 1.39 bits per heavy atom. The van der Waals surface area contributed by atoms with Crippen molar-refractivity contribution in [3.05, 3.63) is 29.6 Å². The zero-order valence-electron chi connectivity index (χ0n) is 10.6. The van der Waals surface area contributed by atoms with Crippen LogP contribution < -0.4 is 5.46 Å². The molecule has 0 radical (unpaired) electrons. The van der Waals surface area contributed by atoms with Crippen LogP contribution in [0.4, 0.5) is 4.39 Å². The van der Waals surface area contributed by atoms with Crippen LogP contribution in [-0.4, -0.2) is 35.7 Å². The van der Waals surface area contributed by atoms with E-state index in [4.69, 9.17) is 10.0 Å². The van der Waals surface area contributed by atoms with Gasteiger partial charge in [-0.3, -0.25) is 0 Å². The lowest BCUT2D eigenvalue weighted by molar-refractivity contribution is 0.200.